The normalized spacial score (nSPS) is 17.0. The first-order valence-corrected chi connectivity index (χ1v) is 30.0. The van der Waals surface area contributed by atoms with Crippen LogP contribution in [0.2, 0.25) is 13.1 Å². The van der Waals surface area contributed by atoms with Crippen LogP contribution >= 0.6 is 17.0 Å². The van der Waals surface area contributed by atoms with Crippen LogP contribution in [0.5, 0.6) is 0 Å². The fourth-order valence-corrected chi connectivity index (χ4v) is 35.1. The third-order valence-electron chi connectivity index (χ3n) is 9.20. The van der Waals surface area contributed by atoms with Crippen LogP contribution in [0.4, 0.5) is 0 Å². The zero-order valence-electron chi connectivity index (χ0n) is 22.9. The molecule has 1 unspecified atom stereocenters. The molecule has 4 heteroatoms. The molecule has 0 saturated carbocycles. The van der Waals surface area contributed by atoms with Gasteiger partial charge in [-0.05, 0) is 0 Å². The van der Waals surface area contributed by atoms with Gasteiger partial charge >= 0.3 is 238 Å². The van der Waals surface area contributed by atoms with E-state index < -0.39 is 21.5 Å². The second-order valence-electron chi connectivity index (χ2n) is 11.6. The standard InChI is InChI=1S/C19H19.C13H9.C2H7Si.2ClH.Zr/c1-4-15-11-16-6-5-7-17(19(16)12-15)18-10-13(2)8-9-14(18)3;1-3-7-12-10(5-1)9-11-6-2-4-8-13(11)12;1-3-2;;;/h5-12H,4H2,1-3H3;1-5,7-8H,9H2;3H,1-2H3;2*1H;/q;;;;;+2/p-2. The Bertz CT molecular complexity index is 1630. The summed E-state index contributed by atoms with van der Waals surface area (Å²) in [4.78, 5) is 0. The quantitative estimate of drug-likeness (QED) is 0.169. The van der Waals surface area contributed by atoms with Gasteiger partial charge in [0.05, 0.1) is 0 Å². The van der Waals surface area contributed by atoms with E-state index >= 15 is 0 Å². The van der Waals surface area contributed by atoms with Crippen LogP contribution in [0.1, 0.15) is 50.4 Å². The predicted molar refractivity (Wildman–Crippen MR) is 167 cm³/mol. The van der Waals surface area contributed by atoms with Gasteiger partial charge in [0.1, 0.15) is 0 Å². The molecule has 0 aromatic heterocycles. The molecule has 0 radical (unpaired) electrons. The van der Waals surface area contributed by atoms with E-state index in [0.717, 1.165) is 12.8 Å². The second kappa shape index (κ2) is 9.45. The first-order chi connectivity index (χ1) is 18.1. The van der Waals surface area contributed by atoms with Crippen molar-refractivity contribution in [1.82, 2.24) is 0 Å². The van der Waals surface area contributed by atoms with Crippen LogP contribution in [0, 0.1) is 13.8 Å². The zero-order valence-corrected chi connectivity index (χ0v) is 28.0. The SMILES string of the molecule is CCC1=Cc2c(-c3cc(C)ccc3C)cccc2[CH]1[Zr]([Cl])([Cl])([c]1cccc2c1Cc1ccccc1-2)[SiH](C)C. The van der Waals surface area contributed by atoms with E-state index in [-0.39, 0.29) is 3.63 Å². The molecule has 0 aliphatic heterocycles. The number of hydrogen-bond donors (Lipinski definition) is 0. The molecule has 38 heavy (non-hydrogen) atoms. The molecule has 2 aliphatic carbocycles. The van der Waals surface area contributed by atoms with Crippen molar-refractivity contribution in [3.63, 3.8) is 0 Å². The number of aryl methyl sites for hydroxylation is 2. The second-order valence-corrected chi connectivity index (χ2v) is 53.0. The fraction of sp³-hybridized carbons (Fsp3) is 0.235. The minimum atomic E-state index is -4.67. The number of rotatable bonds is 5. The number of hydrogen-bond acceptors (Lipinski definition) is 0. The van der Waals surface area contributed by atoms with Crippen LogP contribution in [-0.2, 0) is 22.0 Å². The number of fused-ring (bicyclic) bond motifs is 4. The Hall–Kier alpha value is -1.70. The maximum absolute atomic E-state index is 8.34. The first-order valence-electron chi connectivity index (χ1n) is 13.8. The van der Waals surface area contributed by atoms with Crippen molar-refractivity contribution in [3.05, 3.63) is 118 Å². The van der Waals surface area contributed by atoms with E-state index in [4.69, 9.17) is 17.0 Å². The Kier molecular flexibility index (Phi) is 6.59. The molecule has 0 bridgehead atoms. The van der Waals surface area contributed by atoms with E-state index in [0.29, 0.717) is 0 Å². The summed E-state index contributed by atoms with van der Waals surface area (Å²) in [6.45, 7) is 11.5. The predicted octanol–water partition coefficient (Wildman–Crippen LogP) is 9.70. The third-order valence-corrected chi connectivity index (χ3v) is 59.2. The summed E-state index contributed by atoms with van der Waals surface area (Å²) < 4.78 is 1.44. The van der Waals surface area contributed by atoms with Crippen molar-refractivity contribution in [3.8, 4) is 22.3 Å². The van der Waals surface area contributed by atoms with Gasteiger partial charge in [-0.2, -0.15) is 0 Å². The molecule has 6 rings (SSSR count). The van der Waals surface area contributed by atoms with Crippen molar-refractivity contribution in [2.24, 2.45) is 0 Å². The van der Waals surface area contributed by atoms with Crippen molar-refractivity contribution < 1.29 is 15.6 Å². The molecular formula is C34H35Cl2SiZr. The zero-order chi connectivity index (χ0) is 26.8. The molecule has 0 N–H and O–H groups in total. The first kappa shape index (κ1) is 26.5. The molecule has 0 fully saturated rings. The molecule has 1 atom stereocenters. The molecule has 0 saturated heterocycles. The van der Waals surface area contributed by atoms with Crippen LogP contribution in [0.25, 0.3) is 28.3 Å². The summed E-state index contributed by atoms with van der Waals surface area (Å²) in [5.74, 6) is -1.55. The van der Waals surface area contributed by atoms with E-state index in [2.05, 4.69) is 119 Å². The third kappa shape index (κ3) is 3.78. The van der Waals surface area contributed by atoms with Crippen molar-refractivity contribution in [2.45, 2.75) is 50.3 Å². The van der Waals surface area contributed by atoms with Gasteiger partial charge in [-0.25, -0.2) is 0 Å². The van der Waals surface area contributed by atoms with E-state index in [1.54, 1.807) is 0 Å². The number of benzene rings is 4. The molecule has 2 aliphatic rings. The molecule has 0 nitrogen and oxygen atoms in total. The summed E-state index contributed by atoms with van der Waals surface area (Å²) in [5, 5.41) is 0. The Morgan fingerprint density at radius 3 is 2.29 bits per heavy atom. The summed E-state index contributed by atoms with van der Waals surface area (Å²) in [7, 11) is 16.7. The van der Waals surface area contributed by atoms with Gasteiger partial charge in [0, 0.05) is 0 Å². The van der Waals surface area contributed by atoms with Crippen LogP contribution in [0.3, 0.4) is 0 Å². The van der Waals surface area contributed by atoms with Gasteiger partial charge in [0.15, 0.2) is 0 Å². The van der Waals surface area contributed by atoms with Gasteiger partial charge < -0.3 is 0 Å². The Labute approximate surface area is 236 Å². The monoisotopic (exact) mass is 631 g/mol. The molecular weight excluding hydrogens is 599 g/mol. The average molecular weight is 634 g/mol. The number of allylic oxidation sites excluding steroid dienone is 1. The Morgan fingerprint density at radius 2 is 1.53 bits per heavy atom. The Balaban J connectivity index is 1.61. The van der Waals surface area contributed by atoms with Crippen LogP contribution < -0.4 is 3.27 Å². The summed E-state index contributed by atoms with van der Waals surface area (Å²) >= 11 is -4.67. The topological polar surface area (TPSA) is 0 Å². The van der Waals surface area contributed by atoms with Crippen molar-refractivity contribution >= 4 is 32.3 Å². The van der Waals surface area contributed by atoms with Gasteiger partial charge in [0.25, 0.3) is 0 Å². The molecule has 193 valence electrons. The van der Waals surface area contributed by atoms with Gasteiger partial charge in [-0.15, -0.1) is 0 Å². The fourth-order valence-electron chi connectivity index (χ4n) is 7.06. The molecule has 0 spiro atoms. The van der Waals surface area contributed by atoms with Crippen molar-refractivity contribution in [2.75, 3.05) is 0 Å². The van der Waals surface area contributed by atoms with E-state index in [1.165, 1.54) is 64.5 Å². The molecule has 4 aromatic rings. The van der Waals surface area contributed by atoms with E-state index in [1.807, 2.05) is 0 Å². The summed E-state index contributed by atoms with van der Waals surface area (Å²) in [6, 6.07) is 29.2. The van der Waals surface area contributed by atoms with Gasteiger partial charge in [-0.1, -0.05) is 0 Å². The van der Waals surface area contributed by atoms with Crippen LogP contribution in [0.15, 0.2) is 84.4 Å². The summed E-state index contributed by atoms with van der Waals surface area (Å²) in [5.41, 5.74) is 14.8. The van der Waals surface area contributed by atoms with Crippen LogP contribution in [-0.4, -0.2) is 5.92 Å². The molecule has 0 heterocycles. The average Bonchev–Trinajstić information content (AvgIpc) is 3.49. The number of halogens is 2. The van der Waals surface area contributed by atoms with Gasteiger partial charge in [-0.3, -0.25) is 0 Å². The van der Waals surface area contributed by atoms with Crippen molar-refractivity contribution in [1.29, 1.82) is 0 Å². The van der Waals surface area contributed by atoms with E-state index in [9.17, 15) is 0 Å². The Morgan fingerprint density at radius 1 is 0.816 bits per heavy atom. The molecule has 4 aromatic carbocycles. The summed E-state index contributed by atoms with van der Waals surface area (Å²) in [6.07, 6.45) is 4.34. The minimum absolute atomic E-state index is 0.117. The van der Waals surface area contributed by atoms with Gasteiger partial charge in [0.2, 0.25) is 0 Å². The molecule has 0 amide bonds. The maximum atomic E-state index is 8.34.